The molecule has 536 valence electrons. The fraction of sp³-hybridized carbons (Fsp3) is 0.425. The van der Waals surface area contributed by atoms with E-state index in [2.05, 4.69) is 57.5 Å². The Morgan fingerprint density at radius 3 is 1.65 bits per heavy atom. The van der Waals surface area contributed by atoms with Gasteiger partial charge in [0, 0.05) is 80.8 Å². The van der Waals surface area contributed by atoms with Gasteiger partial charge in [0.05, 0.1) is 18.0 Å². The Hall–Kier alpha value is -10.9. The molecule has 2 aliphatic heterocycles. The number of aromatic amines is 1. The topological polar surface area (TPSA) is 416 Å². The van der Waals surface area contributed by atoms with Crippen molar-refractivity contribution in [2.24, 2.45) is 11.7 Å². The number of H-pyrrole nitrogens is 1. The SMILES string of the molecule is CC(C)C[C@H](NC(=O)[C@@H](C)NC(=O)[C@H](Cc1ccccc1)NC(=O)[C@H](Cc1c[nH]c2ccccc12)NC(=O)[C@H](CC(=O)O)NC(=O)[C@@H](Cc1ccccc1)NC(=O)[C@@H]1CCCN1C(=O)[C@H](CCc1cccnc1)NC(=O)[C@@H]1CCCN1C(=O)[C@H](N)CCCCNC(=O)c1cccnc1)C(=O)O. The third-order valence-corrected chi connectivity index (χ3v) is 17.9. The van der Waals surface area contributed by atoms with Crippen LogP contribution in [0, 0.1) is 5.92 Å². The van der Waals surface area contributed by atoms with Crippen LogP contribution in [0.15, 0.2) is 140 Å². The molecule has 2 aliphatic rings. The molecule has 2 fully saturated rings. The van der Waals surface area contributed by atoms with Crippen LogP contribution in [0.25, 0.3) is 10.9 Å². The molecule has 10 amide bonds. The number of aromatic nitrogens is 3. The molecular weight excluding hydrogens is 1300 g/mol. The van der Waals surface area contributed by atoms with Gasteiger partial charge >= 0.3 is 11.9 Å². The summed E-state index contributed by atoms with van der Waals surface area (Å²) in [4.78, 5) is 182. The number of rotatable bonds is 36. The average molecular weight is 1390 g/mol. The van der Waals surface area contributed by atoms with Gasteiger partial charge in [-0.25, -0.2) is 4.79 Å². The summed E-state index contributed by atoms with van der Waals surface area (Å²) in [5.41, 5.74) is 9.94. The molecule has 8 rings (SSSR count). The monoisotopic (exact) mass is 1390 g/mol. The zero-order valence-corrected chi connectivity index (χ0v) is 56.8. The summed E-state index contributed by atoms with van der Waals surface area (Å²) in [6.45, 7) is 5.60. The van der Waals surface area contributed by atoms with Crippen molar-refractivity contribution in [1.29, 1.82) is 0 Å². The van der Waals surface area contributed by atoms with Crippen LogP contribution in [0.3, 0.4) is 0 Å². The lowest BCUT2D eigenvalue weighted by Gasteiger charge is -2.32. The Morgan fingerprint density at radius 1 is 0.545 bits per heavy atom. The predicted octanol–water partition coefficient (Wildman–Crippen LogP) is 2.55. The van der Waals surface area contributed by atoms with Crippen molar-refractivity contribution in [3.8, 4) is 0 Å². The van der Waals surface area contributed by atoms with E-state index in [-0.39, 0.29) is 76.3 Å². The normalized spacial score (nSPS) is 16.6. The minimum Gasteiger partial charge on any atom is -0.481 e. The van der Waals surface area contributed by atoms with Crippen molar-refractivity contribution in [2.45, 2.75) is 171 Å². The molecule has 10 atom stereocenters. The molecule has 2 saturated heterocycles. The number of fused-ring (bicyclic) bond motifs is 1. The minimum atomic E-state index is -1.90. The molecule has 101 heavy (non-hydrogen) atoms. The van der Waals surface area contributed by atoms with Gasteiger partial charge in [0.15, 0.2) is 0 Å². The van der Waals surface area contributed by atoms with Gasteiger partial charge in [-0.05, 0) is 124 Å². The summed E-state index contributed by atoms with van der Waals surface area (Å²) >= 11 is 0. The molecule has 0 unspecified atom stereocenters. The Morgan fingerprint density at radius 2 is 1.07 bits per heavy atom. The van der Waals surface area contributed by atoms with Crippen molar-refractivity contribution in [2.75, 3.05) is 19.6 Å². The zero-order valence-electron chi connectivity index (χ0n) is 56.8. The molecular formula is C73H90N14O14. The molecule has 0 spiro atoms. The number of amides is 10. The number of carbonyl (C=O) groups excluding carboxylic acids is 10. The number of likely N-dealkylation sites (tertiary alicyclic amines) is 2. The zero-order chi connectivity index (χ0) is 72.5. The third-order valence-electron chi connectivity index (χ3n) is 17.9. The van der Waals surface area contributed by atoms with Gasteiger partial charge < -0.3 is 73.3 Å². The van der Waals surface area contributed by atoms with Crippen molar-refractivity contribution in [3.05, 3.63) is 168 Å². The summed E-state index contributed by atoms with van der Waals surface area (Å²) < 4.78 is 0. The average Bonchev–Trinajstić information content (AvgIpc) is 1.74. The van der Waals surface area contributed by atoms with E-state index in [1.807, 2.05) is 6.07 Å². The largest absolute Gasteiger partial charge is 0.481 e. The van der Waals surface area contributed by atoms with E-state index in [1.165, 1.54) is 22.9 Å². The number of aliphatic carboxylic acids is 2. The predicted molar refractivity (Wildman–Crippen MR) is 371 cm³/mol. The highest BCUT2D eigenvalue weighted by atomic mass is 16.4. The molecule has 0 radical (unpaired) electrons. The fourth-order valence-corrected chi connectivity index (χ4v) is 12.5. The number of unbranched alkanes of at least 4 members (excludes halogenated alkanes) is 1. The number of aryl methyl sites for hydroxylation is 1. The molecule has 3 aromatic carbocycles. The molecule has 28 nitrogen and oxygen atoms in total. The van der Waals surface area contributed by atoms with E-state index in [4.69, 9.17) is 5.73 Å². The highest BCUT2D eigenvalue weighted by Gasteiger charge is 2.43. The number of carboxylic acid groups (broad SMARTS) is 2. The first kappa shape index (κ1) is 75.9. The van der Waals surface area contributed by atoms with Crippen LogP contribution in [0.4, 0.5) is 0 Å². The van der Waals surface area contributed by atoms with Crippen LogP contribution in [0.1, 0.15) is 118 Å². The number of nitrogens with zero attached hydrogens (tertiary/aromatic N) is 4. The third kappa shape index (κ3) is 22.3. The van der Waals surface area contributed by atoms with Gasteiger partial charge in [0.2, 0.25) is 53.2 Å². The maximum absolute atomic E-state index is 15.0. The second-order valence-corrected chi connectivity index (χ2v) is 26.0. The van der Waals surface area contributed by atoms with Crippen LogP contribution >= 0.6 is 0 Å². The highest BCUT2D eigenvalue weighted by molar-refractivity contribution is 6.00. The van der Waals surface area contributed by atoms with Gasteiger partial charge in [-0.3, -0.25) is 62.7 Å². The number of hydrogen-bond donors (Lipinski definition) is 12. The van der Waals surface area contributed by atoms with Crippen LogP contribution in [0.2, 0.25) is 0 Å². The maximum atomic E-state index is 15.0. The molecule has 0 aliphatic carbocycles. The van der Waals surface area contributed by atoms with Gasteiger partial charge in [-0.1, -0.05) is 98.8 Å². The van der Waals surface area contributed by atoms with Crippen LogP contribution in [0.5, 0.6) is 0 Å². The summed E-state index contributed by atoms with van der Waals surface area (Å²) in [5, 5.41) is 42.2. The van der Waals surface area contributed by atoms with Crippen LogP contribution in [-0.2, 0) is 78.4 Å². The van der Waals surface area contributed by atoms with Crippen molar-refractivity contribution in [3.63, 3.8) is 0 Å². The number of benzene rings is 3. The number of carbonyl (C=O) groups is 12. The van der Waals surface area contributed by atoms with Crippen molar-refractivity contribution < 1.29 is 67.7 Å². The lowest BCUT2D eigenvalue weighted by atomic mass is 10.0. The fourth-order valence-electron chi connectivity index (χ4n) is 12.5. The summed E-state index contributed by atoms with van der Waals surface area (Å²) in [5.74, 6) is -10.3. The second-order valence-electron chi connectivity index (χ2n) is 26.0. The van der Waals surface area contributed by atoms with E-state index in [1.54, 1.807) is 142 Å². The lowest BCUT2D eigenvalue weighted by molar-refractivity contribution is -0.144. The van der Waals surface area contributed by atoms with Crippen molar-refractivity contribution in [1.82, 2.24) is 67.3 Å². The molecule has 0 bridgehead atoms. The Bertz CT molecular complexity index is 3850. The molecule has 13 N–H and O–H groups in total. The molecule has 0 saturated carbocycles. The number of hydrogen-bond acceptors (Lipinski definition) is 15. The Kier molecular flexibility index (Phi) is 28.0. The number of nitrogens with one attached hydrogen (secondary N) is 9. The summed E-state index contributed by atoms with van der Waals surface area (Å²) in [6.07, 6.45) is 9.32. The first-order valence-electron chi connectivity index (χ1n) is 34.2. The van der Waals surface area contributed by atoms with E-state index >= 15 is 4.79 Å². The first-order valence-corrected chi connectivity index (χ1v) is 34.2. The van der Waals surface area contributed by atoms with Gasteiger partial charge in [0.25, 0.3) is 5.91 Å². The smallest absolute Gasteiger partial charge is 0.326 e. The van der Waals surface area contributed by atoms with E-state index in [0.717, 1.165) is 5.56 Å². The molecule has 5 heterocycles. The van der Waals surface area contributed by atoms with Crippen LogP contribution in [-0.4, -0.2) is 186 Å². The lowest BCUT2D eigenvalue weighted by Crippen LogP contribution is -2.61. The highest BCUT2D eigenvalue weighted by Crippen LogP contribution is 2.25. The Balaban J connectivity index is 0.982. The number of pyridine rings is 2. The van der Waals surface area contributed by atoms with Gasteiger partial charge in [-0.2, -0.15) is 0 Å². The van der Waals surface area contributed by atoms with Crippen molar-refractivity contribution >= 4 is 81.9 Å². The number of para-hydroxylation sites is 1. The van der Waals surface area contributed by atoms with Gasteiger partial charge in [-0.15, -0.1) is 0 Å². The van der Waals surface area contributed by atoms with E-state index in [9.17, 15) is 63.0 Å². The molecule has 6 aromatic rings. The number of nitrogens with two attached hydrogens (primary N) is 1. The first-order chi connectivity index (χ1) is 48.5. The van der Waals surface area contributed by atoms with E-state index in [0.29, 0.717) is 71.8 Å². The molecule has 28 heteroatoms. The standard InChI is InChI=1S/C73H90N14O14/c1-44(2)36-59(73(100)101)85-63(90)45(3)79-65(92)55(37-46-18-6-4-7-19-46)81-67(94)57(39-50-43-78-53-26-11-10-24-51(50)53)82-68(95)58(40-62(88)89)83-66(93)56(38-47-20-8-5-9-21-47)84-70(97)61-28-17-35-87(61)72(99)54(30-29-48-22-14-31-75-41-48)80-69(96)60-27-16-34-86(60)71(98)52(74)25-12-13-33-77-64(91)49-23-15-32-76-42-49/h4-11,14-15,18-24,26,31-32,41-45,52,54-61,78H,12-13,16-17,25,27-30,33-40,74H2,1-3H3,(H,77,91)(H,79,92)(H,80,96)(H,81,94)(H,82,95)(H,83,93)(H,84,97)(H,85,90)(H,88,89)(H,100,101)/t45-,52-,54+,55+,56-,57+,58+,59+,60+,61+/m1/s1. The molecule has 3 aromatic heterocycles. The van der Waals surface area contributed by atoms with Crippen LogP contribution < -0.4 is 48.3 Å². The minimum absolute atomic E-state index is 0.0641. The van der Waals surface area contributed by atoms with E-state index < -0.39 is 132 Å². The summed E-state index contributed by atoms with van der Waals surface area (Å²) in [6, 6.07) is 17.8. The summed E-state index contributed by atoms with van der Waals surface area (Å²) in [7, 11) is 0. The maximum Gasteiger partial charge on any atom is 0.326 e. The van der Waals surface area contributed by atoms with Gasteiger partial charge in [0.1, 0.15) is 54.4 Å². The Labute approximate surface area is 584 Å². The second kappa shape index (κ2) is 37.3. The quantitative estimate of drug-likeness (QED) is 0.0251. The number of carboxylic acids is 2.